The Kier molecular flexibility index (Phi) is 1.96. The fourth-order valence-corrected chi connectivity index (χ4v) is 2.64. The summed E-state index contributed by atoms with van der Waals surface area (Å²) in [7, 11) is 0. The maximum Gasteiger partial charge on any atom is 0.0529 e. The van der Waals surface area contributed by atoms with Crippen molar-refractivity contribution in [1.29, 1.82) is 0 Å². The second kappa shape index (κ2) is 3.20. The average Bonchev–Trinajstić information content (AvgIpc) is 2.10. The zero-order valence-electron chi connectivity index (χ0n) is 9.09. The Morgan fingerprint density at radius 3 is 2.73 bits per heavy atom. The Morgan fingerprint density at radius 1 is 1.40 bits per heavy atom. The van der Waals surface area contributed by atoms with Crippen LogP contribution < -0.4 is 10.6 Å². The van der Waals surface area contributed by atoms with Crippen LogP contribution in [0.15, 0.2) is 18.3 Å². The van der Waals surface area contributed by atoms with Crippen LogP contribution in [0.4, 0.5) is 5.69 Å². The molecule has 1 aromatic rings. The van der Waals surface area contributed by atoms with Crippen molar-refractivity contribution in [2.75, 3.05) is 18.4 Å². The Bertz CT molecular complexity index is 346. The predicted octanol–water partition coefficient (Wildman–Crippen LogP) is 1.55. The van der Waals surface area contributed by atoms with Crippen molar-refractivity contribution in [3.63, 3.8) is 0 Å². The van der Waals surface area contributed by atoms with Gasteiger partial charge in [0.25, 0.3) is 0 Å². The number of pyridine rings is 1. The van der Waals surface area contributed by atoms with Gasteiger partial charge in [-0.05, 0) is 37.3 Å². The standard InChI is InChI=1S/C12H17N3/c1-9-2-3-10(6-14-9)15-11-4-12(5-11)7-13-8-12/h2-3,6,11,13,15H,4-5,7-8H2,1H3. The number of nitrogens with one attached hydrogen (secondary N) is 2. The van der Waals surface area contributed by atoms with Gasteiger partial charge in [-0.1, -0.05) is 0 Å². The molecule has 1 saturated carbocycles. The van der Waals surface area contributed by atoms with E-state index in [1.807, 2.05) is 13.1 Å². The molecule has 1 aliphatic carbocycles. The van der Waals surface area contributed by atoms with Crippen LogP contribution in [0, 0.1) is 12.3 Å². The van der Waals surface area contributed by atoms with Crippen LogP contribution in [0.25, 0.3) is 0 Å². The van der Waals surface area contributed by atoms with E-state index in [1.165, 1.54) is 25.9 Å². The lowest BCUT2D eigenvalue weighted by molar-refractivity contribution is 0.0470. The van der Waals surface area contributed by atoms with Gasteiger partial charge in [0.15, 0.2) is 0 Å². The van der Waals surface area contributed by atoms with Gasteiger partial charge in [-0.3, -0.25) is 4.98 Å². The largest absolute Gasteiger partial charge is 0.381 e. The number of aryl methyl sites for hydroxylation is 1. The summed E-state index contributed by atoms with van der Waals surface area (Å²) in [6.45, 7) is 4.46. The Balaban J connectivity index is 1.56. The van der Waals surface area contributed by atoms with Crippen LogP contribution in [0.5, 0.6) is 0 Å². The van der Waals surface area contributed by atoms with E-state index in [-0.39, 0.29) is 0 Å². The van der Waals surface area contributed by atoms with E-state index >= 15 is 0 Å². The van der Waals surface area contributed by atoms with Gasteiger partial charge in [0, 0.05) is 24.8 Å². The van der Waals surface area contributed by atoms with Crippen molar-refractivity contribution in [3.05, 3.63) is 24.0 Å². The van der Waals surface area contributed by atoms with Gasteiger partial charge in [0.1, 0.15) is 0 Å². The first kappa shape index (κ1) is 9.16. The van der Waals surface area contributed by atoms with Gasteiger partial charge in [0.05, 0.1) is 11.9 Å². The fraction of sp³-hybridized carbons (Fsp3) is 0.583. The molecule has 3 heteroatoms. The molecule has 2 N–H and O–H groups in total. The smallest absolute Gasteiger partial charge is 0.0529 e. The average molecular weight is 203 g/mol. The number of hydrogen-bond donors (Lipinski definition) is 2. The molecule has 1 aromatic heterocycles. The molecule has 0 radical (unpaired) electrons. The number of nitrogens with zero attached hydrogens (tertiary/aromatic N) is 1. The second-order valence-corrected chi connectivity index (χ2v) is 5.04. The molecule has 2 heterocycles. The minimum Gasteiger partial charge on any atom is -0.381 e. The van der Waals surface area contributed by atoms with Crippen LogP contribution in [0.2, 0.25) is 0 Å². The van der Waals surface area contributed by atoms with Crippen LogP contribution in [0.1, 0.15) is 18.5 Å². The van der Waals surface area contributed by atoms with Gasteiger partial charge in [-0.2, -0.15) is 0 Å². The van der Waals surface area contributed by atoms with E-state index in [9.17, 15) is 0 Å². The highest BCUT2D eigenvalue weighted by molar-refractivity contribution is 5.43. The maximum atomic E-state index is 4.29. The molecular weight excluding hydrogens is 186 g/mol. The van der Waals surface area contributed by atoms with Gasteiger partial charge in [-0.25, -0.2) is 0 Å². The minimum absolute atomic E-state index is 0.649. The molecule has 3 nitrogen and oxygen atoms in total. The molecule has 15 heavy (non-hydrogen) atoms. The van der Waals surface area contributed by atoms with E-state index in [0.717, 1.165) is 11.4 Å². The van der Waals surface area contributed by atoms with E-state index in [1.54, 1.807) is 0 Å². The molecule has 0 aromatic carbocycles. The lowest BCUT2D eigenvalue weighted by Gasteiger charge is -2.54. The summed E-state index contributed by atoms with van der Waals surface area (Å²) in [5.74, 6) is 0. The fourth-order valence-electron chi connectivity index (χ4n) is 2.64. The molecule has 1 aliphatic heterocycles. The van der Waals surface area contributed by atoms with E-state index in [0.29, 0.717) is 11.5 Å². The monoisotopic (exact) mass is 203 g/mol. The van der Waals surface area contributed by atoms with Crippen LogP contribution in [0.3, 0.4) is 0 Å². The number of rotatable bonds is 2. The zero-order chi connectivity index (χ0) is 10.3. The van der Waals surface area contributed by atoms with Crippen molar-refractivity contribution < 1.29 is 0 Å². The summed E-state index contributed by atoms with van der Waals surface area (Å²) >= 11 is 0. The highest BCUT2D eigenvalue weighted by Crippen LogP contribution is 2.45. The third kappa shape index (κ3) is 1.61. The molecule has 2 aliphatic rings. The molecule has 0 atom stereocenters. The van der Waals surface area contributed by atoms with Crippen molar-refractivity contribution in [2.24, 2.45) is 5.41 Å². The van der Waals surface area contributed by atoms with Gasteiger partial charge in [0.2, 0.25) is 0 Å². The normalized spacial score (nSPS) is 23.3. The Labute approximate surface area is 90.3 Å². The summed E-state index contributed by atoms with van der Waals surface area (Å²) in [5, 5.41) is 6.89. The third-order valence-electron chi connectivity index (χ3n) is 3.64. The summed E-state index contributed by atoms with van der Waals surface area (Å²) in [6, 6.07) is 4.84. The van der Waals surface area contributed by atoms with Crippen LogP contribution in [-0.2, 0) is 0 Å². The molecule has 0 unspecified atom stereocenters. The number of anilines is 1. The van der Waals surface area contributed by atoms with Crippen LogP contribution >= 0.6 is 0 Å². The first-order valence-corrected chi connectivity index (χ1v) is 5.66. The van der Waals surface area contributed by atoms with Crippen molar-refractivity contribution >= 4 is 5.69 Å². The molecule has 0 bridgehead atoms. The quantitative estimate of drug-likeness (QED) is 0.766. The lowest BCUT2D eigenvalue weighted by Crippen LogP contribution is -2.63. The number of hydrogen-bond acceptors (Lipinski definition) is 3. The predicted molar refractivity (Wildman–Crippen MR) is 60.9 cm³/mol. The molecule has 0 amide bonds. The SMILES string of the molecule is Cc1ccc(NC2CC3(CNC3)C2)cn1. The first-order chi connectivity index (χ1) is 7.26. The summed E-state index contributed by atoms with van der Waals surface area (Å²) in [4.78, 5) is 4.29. The minimum atomic E-state index is 0.649. The number of aromatic nitrogens is 1. The van der Waals surface area contributed by atoms with Gasteiger partial charge >= 0.3 is 0 Å². The molecule has 1 spiro atoms. The van der Waals surface area contributed by atoms with Gasteiger partial charge in [-0.15, -0.1) is 0 Å². The van der Waals surface area contributed by atoms with Crippen LogP contribution in [-0.4, -0.2) is 24.1 Å². The molecule has 2 fully saturated rings. The lowest BCUT2D eigenvalue weighted by atomic mass is 9.61. The third-order valence-corrected chi connectivity index (χ3v) is 3.64. The molecular formula is C12H17N3. The molecule has 1 saturated heterocycles. The van der Waals surface area contributed by atoms with Crippen molar-refractivity contribution in [1.82, 2.24) is 10.3 Å². The van der Waals surface area contributed by atoms with Crippen molar-refractivity contribution in [2.45, 2.75) is 25.8 Å². The highest BCUT2D eigenvalue weighted by atomic mass is 15.0. The van der Waals surface area contributed by atoms with Gasteiger partial charge < -0.3 is 10.6 Å². The topological polar surface area (TPSA) is 37.0 Å². The van der Waals surface area contributed by atoms with E-state index in [4.69, 9.17) is 0 Å². The first-order valence-electron chi connectivity index (χ1n) is 5.66. The van der Waals surface area contributed by atoms with Crippen molar-refractivity contribution in [3.8, 4) is 0 Å². The maximum absolute atomic E-state index is 4.29. The summed E-state index contributed by atoms with van der Waals surface area (Å²) in [6.07, 6.45) is 4.56. The molecule has 80 valence electrons. The van der Waals surface area contributed by atoms with E-state index < -0.39 is 0 Å². The summed E-state index contributed by atoms with van der Waals surface area (Å²) in [5.41, 5.74) is 2.89. The Morgan fingerprint density at radius 2 is 2.20 bits per heavy atom. The highest BCUT2D eigenvalue weighted by Gasteiger charge is 2.48. The summed E-state index contributed by atoms with van der Waals surface area (Å²) < 4.78 is 0. The molecule has 3 rings (SSSR count). The second-order valence-electron chi connectivity index (χ2n) is 5.04. The van der Waals surface area contributed by atoms with E-state index in [2.05, 4.69) is 27.8 Å². The Hall–Kier alpha value is -1.09. The zero-order valence-corrected chi connectivity index (χ0v) is 9.09.